The first-order chi connectivity index (χ1) is 9.15. The van der Waals surface area contributed by atoms with E-state index in [0.717, 1.165) is 29.4 Å². The van der Waals surface area contributed by atoms with Crippen molar-refractivity contribution in [2.75, 3.05) is 13.6 Å². The molecular weight excluding hydrogens is 256 g/mol. The lowest BCUT2D eigenvalue weighted by Gasteiger charge is -2.14. The minimum absolute atomic E-state index is 0.196. The molecule has 0 bridgehead atoms. The van der Waals surface area contributed by atoms with Crippen molar-refractivity contribution in [3.63, 3.8) is 0 Å². The summed E-state index contributed by atoms with van der Waals surface area (Å²) in [4.78, 5) is 18.5. The van der Waals surface area contributed by atoms with Gasteiger partial charge in [0.1, 0.15) is 0 Å². The normalized spacial score (nSPS) is 10.9. The molecule has 0 radical (unpaired) electrons. The van der Waals surface area contributed by atoms with Crippen LogP contribution in [-0.4, -0.2) is 29.3 Å². The van der Waals surface area contributed by atoms with Crippen molar-refractivity contribution in [3.05, 3.63) is 52.0 Å². The third-order valence-electron chi connectivity index (χ3n) is 2.91. The van der Waals surface area contributed by atoms with Crippen LogP contribution < -0.4 is 0 Å². The number of nitrogens with zero attached hydrogens (tertiary/aromatic N) is 2. The molecule has 19 heavy (non-hydrogen) atoms. The molecule has 0 aliphatic heterocycles. The minimum Gasteiger partial charge on any atom is -0.300 e. The summed E-state index contributed by atoms with van der Waals surface area (Å²) in [5.41, 5.74) is 1.87. The smallest absolute Gasteiger partial charge is 0.164 e. The highest BCUT2D eigenvalue weighted by Crippen LogP contribution is 2.10. The second-order valence-corrected chi connectivity index (χ2v) is 5.70. The van der Waals surface area contributed by atoms with Crippen molar-refractivity contribution >= 4 is 17.1 Å². The van der Waals surface area contributed by atoms with E-state index in [2.05, 4.69) is 15.3 Å². The largest absolute Gasteiger partial charge is 0.300 e. The molecule has 2 aromatic rings. The van der Waals surface area contributed by atoms with E-state index < -0.39 is 0 Å². The van der Waals surface area contributed by atoms with Gasteiger partial charge in [-0.25, -0.2) is 4.98 Å². The summed E-state index contributed by atoms with van der Waals surface area (Å²) >= 11 is 1.66. The van der Waals surface area contributed by atoms with Crippen LogP contribution in [-0.2, 0) is 6.54 Å². The number of ketones is 1. The SMILES string of the molecule is Cc1nc(CN(C)CCC(=O)c2ccccc2)cs1. The Morgan fingerprint density at radius 3 is 2.68 bits per heavy atom. The van der Waals surface area contributed by atoms with Crippen molar-refractivity contribution in [2.24, 2.45) is 0 Å². The number of benzene rings is 1. The highest BCUT2D eigenvalue weighted by Gasteiger charge is 2.08. The van der Waals surface area contributed by atoms with Crippen molar-refractivity contribution in [2.45, 2.75) is 19.9 Å². The van der Waals surface area contributed by atoms with Crippen LogP contribution in [0.4, 0.5) is 0 Å². The second kappa shape index (κ2) is 6.59. The van der Waals surface area contributed by atoms with Crippen LogP contribution in [0.25, 0.3) is 0 Å². The van der Waals surface area contributed by atoms with Gasteiger partial charge in [-0.3, -0.25) is 4.79 Å². The van der Waals surface area contributed by atoms with E-state index in [9.17, 15) is 4.79 Å². The molecule has 0 saturated heterocycles. The predicted molar refractivity (Wildman–Crippen MR) is 78.6 cm³/mol. The fourth-order valence-electron chi connectivity index (χ4n) is 1.90. The molecule has 0 aliphatic carbocycles. The van der Waals surface area contributed by atoms with Gasteiger partial charge in [0.05, 0.1) is 10.7 Å². The molecule has 100 valence electrons. The molecule has 0 atom stereocenters. The molecule has 0 unspecified atom stereocenters. The Morgan fingerprint density at radius 2 is 2.05 bits per heavy atom. The van der Waals surface area contributed by atoms with E-state index in [0.29, 0.717) is 6.42 Å². The first-order valence-electron chi connectivity index (χ1n) is 6.33. The van der Waals surface area contributed by atoms with Crippen molar-refractivity contribution in [1.82, 2.24) is 9.88 Å². The molecule has 0 spiro atoms. The molecule has 2 rings (SSSR count). The number of hydrogen-bond acceptors (Lipinski definition) is 4. The zero-order valence-electron chi connectivity index (χ0n) is 11.3. The van der Waals surface area contributed by atoms with Crippen LogP contribution in [0.1, 0.15) is 27.5 Å². The summed E-state index contributed by atoms with van der Waals surface area (Å²) in [6.45, 7) is 3.56. The molecule has 0 aliphatic rings. The third-order valence-corrected chi connectivity index (χ3v) is 3.74. The summed E-state index contributed by atoms with van der Waals surface area (Å²) in [6.07, 6.45) is 0.545. The minimum atomic E-state index is 0.196. The van der Waals surface area contributed by atoms with Crippen LogP contribution in [0, 0.1) is 6.92 Å². The first-order valence-corrected chi connectivity index (χ1v) is 7.21. The maximum atomic E-state index is 12.0. The van der Waals surface area contributed by atoms with Crippen LogP contribution in [0.5, 0.6) is 0 Å². The monoisotopic (exact) mass is 274 g/mol. The van der Waals surface area contributed by atoms with E-state index in [1.165, 1.54) is 0 Å². The highest BCUT2D eigenvalue weighted by atomic mass is 32.1. The Balaban J connectivity index is 1.80. The zero-order valence-corrected chi connectivity index (χ0v) is 12.1. The molecule has 1 aromatic heterocycles. The van der Waals surface area contributed by atoms with Gasteiger partial charge < -0.3 is 4.90 Å². The highest BCUT2D eigenvalue weighted by molar-refractivity contribution is 7.09. The van der Waals surface area contributed by atoms with Gasteiger partial charge in [0.15, 0.2) is 5.78 Å². The van der Waals surface area contributed by atoms with Crippen molar-refractivity contribution in [3.8, 4) is 0 Å². The fraction of sp³-hybridized carbons (Fsp3) is 0.333. The first kappa shape index (κ1) is 13.9. The number of rotatable bonds is 6. The topological polar surface area (TPSA) is 33.2 Å². The standard InChI is InChI=1S/C15H18N2OS/c1-12-16-14(11-19-12)10-17(2)9-8-15(18)13-6-4-3-5-7-13/h3-7,11H,8-10H2,1-2H3. The Kier molecular flexibility index (Phi) is 4.82. The average Bonchev–Trinajstić information content (AvgIpc) is 2.82. The Morgan fingerprint density at radius 1 is 1.32 bits per heavy atom. The van der Waals surface area contributed by atoms with Gasteiger partial charge in [0, 0.05) is 30.5 Å². The quantitative estimate of drug-likeness (QED) is 0.759. The Hall–Kier alpha value is -1.52. The van der Waals surface area contributed by atoms with Crippen LogP contribution in [0.2, 0.25) is 0 Å². The molecule has 3 nitrogen and oxygen atoms in total. The maximum Gasteiger partial charge on any atom is 0.164 e. The van der Waals surface area contributed by atoms with E-state index >= 15 is 0 Å². The molecule has 4 heteroatoms. The number of aromatic nitrogens is 1. The molecule has 1 aromatic carbocycles. The van der Waals surface area contributed by atoms with Crippen LogP contribution in [0.15, 0.2) is 35.7 Å². The lowest BCUT2D eigenvalue weighted by molar-refractivity contribution is 0.0967. The molecule has 0 N–H and O–H groups in total. The van der Waals surface area contributed by atoms with Gasteiger partial charge >= 0.3 is 0 Å². The third kappa shape index (κ3) is 4.26. The molecule has 0 fully saturated rings. The molecule has 0 amide bonds. The predicted octanol–water partition coefficient (Wildman–Crippen LogP) is 3.16. The van der Waals surface area contributed by atoms with Crippen molar-refractivity contribution in [1.29, 1.82) is 0 Å². The summed E-state index contributed by atoms with van der Waals surface area (Å²) in [6, 6.07) is 9.45. The maximum absolute atomic E-state index is 12.0. The molecule has 0 saturated carbocycles. The summed E-state index contributed by atoms with van der Waals surface area (Å²) in [5.74, 6) is 0.196. The summed E-state index contributed by atoms with van der Waals surface area (Å²) < 4.78 is 0. The number of carbonyl (C=O) groups is 1. The van der Waals surface area contributed by atoms with Gasteiger partial charge in [0.2, 0.25) is 0 Å². The number of thiazole rings is 1. The Labute approximate surface area is 117 Å². The van der Waals surface area contributed by atoms with E-state index in [1.54, 1.807) is 11.3 Å². The number of carbonyl (C=O) groups excluding carboxylic acids is 1. The van der Waals surface area contributed by atoms with E-state index in [-0.39, 0.29) is 5.78 Å². The van der Waals surface area contributed by atoms with E-state index in [4.69, 9.17) is 0 Å². The summed E-state index contributed by atoms with van der Waals surface area (Å²) in [5, 5.41) is 3.16. The number of Topliss-reactive ketones (excluding diaryl/α,β-unsaturated/α-hetero) is 1. The average molecular weight is 274 g/mol. The molecule has 1 heterocycles. The van der Waals surface area contributed by atoms with Gasteiger partial charge in [-0.15, -0.1) is 11.3 Å². The van der Waals surface area contributed by atoms with E-state index in [1.807, 2.05) is 44.3 Å². The molecular formula is C15H18N2OS. The van der Waals surface area contributed by atoms with Gasteiger partial charge in [-0.05, 0) is 14.0 Å². The number of hydrogen-bond donors (Lipinski definition) is 0. The van der Waals surface area contributed by atoms with Gasteiger partial charge in [-0.2, -0.15) is 0 Å². The lowest BCUT2D eigenvalue weighted by Crippen LogP contribution is -2.21. The van der Waals surface area contributed by atoms with Crippen molar-refractivity contribution < 1.29 is 4.79 Å². The van der Waals surface area contributed by atoms with Crippen LogP contribution >= 0.6 is 11.3 Å². The fourth-order valence-corrected chi connectivity index (χ4v) is 2.50. The second-order valence-electron chi connectivity index (χ2n) is 4.63. The van der Waals surface area contributed by atoms with Gasteiger partial charge in [0.25, 0.3) is 0 Å². The van der Waals surface area contributed by atoms with Gasteiger partial charge in [-0.1, -0.05) is 30.3 Å². The summed E-state index contributed by atoms with van der Waals surface area (Å²) in [7, 11) is 2.02. The zero-order chi connectivity index (χ0) is 13.7. The number of aryl methyl sites for hydroxylation is 1. The van der Waals surface area contributed by atoms with Crippen LogP contribution in [0.3, 0.4) is 0 Å². The lowest BCUT2D eigenvalue weighted by atomic mass is 10.1. The Bertz CT molecular complexity index is 536.